The van der Waals surface area contributed by atoms with E-state index in [2.05, 4.69) is 17.5 Å². The van der Waals surface area contributed by atoms with E-state index >= 15 is 0 Å². The summed E-state index contributed by atoms with van der Waals surface area (Å²) in [5.74, 6) is 1.31. The van der Waals surface area contributed by atoms with Crippen molar-refractivity contribution in [3.63, 3.8) is 0 Å². The molecule has 2 amide bonds. The van der Waals surface area contributed by atoms with Crippen molar-refractivity contribution in [3.8, 4) is 0 Å². The molecule has 25 heavy (non-hydrogen) atoms. The third kappa shape index (κ3) is 5.56. The summed E-state index contributed by atoms with van der Waals surface area (Å²) in [6.07, 6.45) is 9.57. The Morgan fingerprint density at radius 3 is 2.24 bits per heavy atom. The minimum atomic E-state index is 0.245. The van der Waals surface area contributed by atoms with E-state index in [1.165, 1.54) is 30.6 Å². The predicted molar refractivity (Wildman–Crippen MR) is 102 cm³/mol. The molecule has 1 aliphatic carbocycles. The van der Waals surface area contributed by atoms with Crippen molar-refractivity contribution in [2.75, 3.05) is 26.2 Å². The first-order valence-electron chi connectivity index (χ1n) is 9.80. The number of hydrogen-bond acceptors (Lipinski definition) is 3. The standard InChI is InChI=1S/C20H30N2O2S/c23-19(9-3-7-18-8-4-16-25-18)21-12-14-22(15-13-21)20(24)11-10-17-5-1-2-6-17/h4,8,16-17H,1-3,5-7,9-15H2. The van der Waals surface area contributed by atoms with Crippen molar-refractivity contribution in [3.05, 3.63) is 22.4 Å². The van der Waals surface area contributed by atoms with Crippen LogP contribution >= 0.6 is 11.3 Å². The van der Waals surface area contributed by atoms with Gasteiger partial charge in [-0.25, -0.2) is 0 Å². The average Bonchev–Trinajstić information content (AvgIpc) is 3.33. The summed E-state index contributed by atoms with van der Waals surface area (Å²) in [4.78, 5) is 29.9. The zero-order valence-corrected chi connectivity index (χ0v) is 15.9. The van der Waals surface area contributed by atoms with Crippen LogP contribution in [0.25, 0.3) is 0 Å². The molecule has 1 saturated heterocycles. The van der Waals surface area contributed by atoms with E-state index in [-0.39, 0.29) is 11.8 Å². The molecule has 5 heteroatoms. The molecule has 1 aromatic rings. The Balaban J connectivity index is 1.31. The van der Waals surface area contributed by atoms with Gasteiger partial charge in [-0.05, 0) is 36.6 Å². The Kier molecular flexibility index (Phi) is 6.91. The maximum atomic E-state index is 12.4. The van der Waals surface area contributed by atoms with Crippen LogP contribution in [0.1, 0.15) is 56.2 Å². The lowest BCUT2D eigenvalue weighted by Gasteiger charge is -2.35. The third-order valence-electron chi connectivity index (χ3n) is 5.62. The quantitative estimate of drug-likeness (QED) is 0.742. The molecule has 0 bridgehead atoms. The summed E-state index contributed by atoms with van der Waals surface area (Å²) >= 11 is 1.76. The van der Waals surface area contributed by atoms with Gasteiger partial charge < -0.3 is 9.80 Å². The van der Waals surface area contributed by atoms with Crippen LogP contribution in [0.15, 0.2) is 17.5 Å². The van der Waals surface area contributed by atoms with Crippen LogP contribution in [0.2, 0.25) is 0 Å². The maximum absolute atomic E-state index is 12.4. The van der Waals surface area contributed by atoms with E-state index in [1.54, 1.807) is 11.3 Å². The summed E-state index contributed by atoms with van der Waals surface area (Å²) in [5, 5.41) is 2.08. The number of amides is 2. The normalized spacial score (nSPS) is 18.7. The molecule has 0 unspecified atom stereocenters. The highest BCUT2D eigenvalue weighted by Crippen LogP contribution is 2.28. The largest absolute Gasteiger partial charge is 0.339 e. The molecule has 138 valence electrons. The first-order chi connectivity index (χ1) is 12.2. The molecule has 0 spiro atoms. The number of hydrogen-bond donors (Lipinski definition) is 0. The van der Waals surface area contributed by atoms with Crippen LogP contribution < -0.4 is 0 Å². The van der Waals surface area contributed by atoms with Crippen LogP contribution in [-0.2, 0) is 16.0 Å². The molecule has 2 fully saturated rings. The molecule has 3 rings (SSSR count). The third-order valence-corrected chi connectivity index (χ3v) is 6.56. The number of nitrogens with zero attached hydrogens (tertiary/aromatic N) is 2. The van der Waals surface area contributed by atoms with Crippen molar-refractivity contribution in [1.82, 2.24) is 9.80 Å². The first kappa shape index (κ1) is 18.4. The van der Waals surface area contributed by atoms with E-state index in [0.29, 0.717) is 39.0 Å². The SMILES string of the molecule is O=C(CCCc1cccs1)N1CCN(C(=O)CCC2CCCC2)CC1. The van der Waals surface area contributed by atoms with Crippen LogP contribution in [0.4, 0.5) is 0 Å². The smallest absolute Gasteiger partial charge is 0.222 e. The zero-order valence-electron chi connectivity index (χ0n) is 15.1. The first-order valence-corrected chi connectivity index (χ1v) is 10.7. The Morgan fingerprint density at radius 1 is 1.00 bits per heavy atom. The Bertz CT molecular complexity index is 544. The van der Waals surface area contributed by atoms with Gasteiger partial charge in [0.2, 0.25) is 11.8 Å². The van der Waals surface area contributed by atoms with Gasteiger partial charge in [0.15, 0.2) is 0 Å². The minimum absolute atomic E-state index is 0.245. The van der Waals surface area contributed by atoms with Gasteiger partial charge in [-0.1, -0.05) is 31.7 Å². The molecule has 0 aromatic carbocycles. The Hall–Kier alpha value is -1.36. The highest BCUT2D eigenvalue weighted by atomic mass is 32.1. The number of aryl methyl sites for hydroxylation is 1. The second kappa shape index (κ2) is 9.37. The fraction of sp³-hybridized carbons (Fsp3) is 0.700. The summed E-state index contributed by atoms with van der Waals surface area (Å²) in [5.41, 5.74) is 0. The van der Waals surface area contributed by atoms with E-state index in [0.717, 1.165) is 25.2 Å². The Morgan fingerprint density at radius 2 is 1.64 bits per heavy atom. The highest BCUT2D eigenvalue weighted by molar-refractivity contribution is 7.09. The summed E-state index contributed by atoms with van der Waals surface area (Å²) in [6, 6.07) is 4.19. The lowest BCUT2D eigenvalue weighted by Crippen LogP contribution is -2.50. The van der Waals surface area contributed by atoms with Crippen molar-refractivity contribution < 1.29 is 9.59 Å². The fourth-order valence-corrected chi connectivity index (χ4v) is 4.77. The molecule has 2 aliphatic rings. The molecule has 0 N–H and O–H groups in total. The molecular formula is C20H30N2O2S. The van der Waals surface area contributed by atoms with Gasteiger partial charge in [0.1, 0.15) is 0 Å². The van der Waals surface area contributed by atoms with Gasteiger partial charge in [-0.3, -0.25) is 9.59 Å². The van der Waals surface area contributed by atoms with Crippen LogP contribution in [-0.4, -0.2) is 47.8 Å². The number of thiophene rings is 1. The monoisotopic (exact) mass is 362 g/mol. The van der Waals surface area contributed by atoms with E-state index < -0.39 is 0 Å². The molecular weight excluding hydrogens is 332 g/mol. The topological polar surface area (TPSA) is 40.6 Å². The van der Waals surface area contributed by atoms with Gasteiger partial charge in [0.05, 0.1) is 0 Å². The minimum Gasteiger partial charge on any atom is -0.339 e. The molecule has 1 aromatic heterocycles. The van der Waals surface area contributed by atoms with Crippen molar-refractivity contribution in [2.45, 2.75) is 57.8 Å². The molecule has 1 aliphatic heterocycles. The molecule has 2 heterocycles. The highest BCUT2D eigenvalue weighted by Gasteiger charge is 2.24. The number of carbonyl (C=O) groups is 2. The van der Waals surface area contributed by atoms with Crippen molar-refractivity contribution >= 4 is 23.2 Å². The van der Waals surface area contributed by atoms with Crippen LogP contribution in [0.3, 0.4) is 0 Å². The molecule has 0 atom stereocenters. The van der Waals surface area contributed by atoms with E-state index in [1.807, 2.05) is 9.80 Å². The summed E-state index contributed by atoms with van der Waals surface area (Å²) < 4.78 is 0. The molecule has 1 saturated carbocycles. The second-order valence-electron chi connectivity index (χ2n) is 7.38. The Labute approximate surface area is 155 Å². The lowest BCUT2D eigenvalue weighted by molar-refractivity contribution is -0.139. The van der Waals surface area contributed by atoms with Gasteiger partial charge in [-0.2, -0.15) is 0 Å². The van der Waals surface area contributed by atoms with Crippen molar-refractivity contribution in [1.29, 1.82) is 0 Å². The fourth-order valence-electron chi connectivity index (χ4n) is 4.02. The molecule has 0 radical (unpaired) electrons. The number of piperazine rings is 1. The van der Waals surface area contributed by atoms with Gasteiger partial charge >= 0.3 is 0 Å². The number of carbonyl (C=O) groups excluding carboxylic acids is 2. The van der Waals surface area contributed by atoms with Gasteiger partial charge in [-0.15, -0.1) is 11.3 Å². The summed E-state index contributed by atoms with van der Waals surface area (Å²) in [6.45, 7) is 2.82. The van der Waals surface area contributed by atoms with E-state index in [4.69, 9.17) is 0 Å². The zero-order chi connectivity index (χ0) is 17.5. The predicted octanol–water partition coefficient (Wildman–Crippen LogP) is 3.71. The van der Waals surface area contributed by atoms with Crippen LogP contribution in [0, 0.1) is 5.92 Å². The van der Waals surface area contributed by atoms with Crippen LogP contribution in [0.5, 0.6) is 0 Å². The lowest BCUT2D eigenvalue weighted by atomic mass is 10.0. The molecule has 4 nitrogen and oxygen atoms in total. The average molecular weight is 363 g/mol. The van der Waals surface area contributed by atoms with E-state index in [9.17, 15) is 9.59 Å². The van der Waals surface area contributed by atoms with Gasteiger partial charge in [0.25, 0.3) is 0 Å². The number of rotatable bonds is 7. The van der Waals surface area contributed by atoms with Crippen molar-refractivity contribution in [2.24, 2.45) is 5.92 Å². The summed E-state index contributed by atoms with van der Waals surface area (Å²) in [7, 11) is 0. The second-order valence-corrected chi connectivity index (χ2v) is 8.42. The maximum Gasteiger partial charge on any atom is 0.222 e. The van der Waals surface area contributed by atoms with Gasteiger partial charge in [0, 0.05) is 43.9 Å².